The Labute approximate surface area is 118 Å². The zero-order valence-corrected chi connectivity index (χ0v) is 12.4. The predicted molar refractivity (Wildman–Crippen MR) is 75.4 cm³/mol. The molecule has 20 heavy (non-hydrogen) atoms. The number of hydrogen-bond acceptors (Lipinski definition) is 4. The van der Waals surface area contributed by atoms with Crippen LogP contribution in [-0.4, -0.2) is 38.3 Å². The number of aryl methyl sites for hydroxylation is 1. The summed E-state index contributed by atoms with van der Waals surface area (Å²) in [6.07, 6.45) is 2.59. The van der Waals surface area contributed by atoms with Gasteiger partial charge < -0.3 is 10.4 Å². The second-order valence-corrected chi connectivity index (χ2v) is 7.38. The third kappa shape index (κ3) is 3.58. The molecule has 1 aliphatic rings. The van der Waals surface area contributed by atoms with E-state index in [2.05, 4.69) is 5.32 Å². The Morgan fingerprint density at radius 3 is 2.65 bits per heavy atom. The van der Waals surface area contributed by atoms with Crippen molar-refractivity contribution in [1.82, 2.24) is 5.32 Å². The molecule has 0 aliphatic heterocycles. The van der Waals surface area contributed by atoms with E-state index in [1.165, 1.54) is 12.1 Å². The van der Waals surface area contributed by atoms with Crippen LogP contribution >= 0.6 is 0 Å². The number of sulfone groups is 1. The molecule has 2 rings (SSSR count). The van der Waals surface area contributed by atoms with Gasteiger partial charge in [-0.05, 0) is 43.4 Å². The maximum atomic E-state index is 12.1. The summed E-state index contributed by atoms with van der Waals surface area (Å²) in [5.74, 6) is -0.0635. The highest BCUT2D eigenvalue weighted by Crippen LogP contribution is 2.32. The SMILES string of the molecule is Cc1ccc(S(C)(=O)=O)cc1C(=O)NCC(O)C1CC1. The van der Waals surface area contributed by atoms with Crippen molar-refractivity contribution in [3.8, 4) is 0 Å². The first-order chi connectivity index (χ1) is 9.29. The third-order valence-corrected chi connectivity index (χ3v) is 4.63. The first kappa shape index (κ1) is 15.0. The molecule has 0 radical (unpaired) electrons. The van der Waals surface area contributed by atoms with Crippen LogP contribution in [-0.2, 0) is 9.84 Å². The predicted octanol–water partition coefficient (Wildman–Crippen LogP) is 0.899. The lowest BCUT2D eigenvalue weighted by molar-refractivity contribution is 0.0900. The summed E-state index contributed by atoms with van der Waals surface area (Å²) < 4.78 is 23.0. The van der Waals surface area contributed by atoms with Crippen LogP contribution in [0.25, 0.3) is 0 Å². The molecule has 110 valence electrons. The summed E-state index contributed by atoms with van der Waals surface area (Å²) >= 11 is 0. The van der Waals surface area contributed by atoms with Crippen LogP contribution in [0.15, 0.2) is 23.1 Å². The number of hydrogen-bond donors (Lipinski definition) is 2. The lowest BCUT2D eigenvalue weighted by atomic mass is 10.1. The van der Waals surface area contributed by atoms with Gasteiger partial charge in [0.15, 0.2) is 9.84 Å². The van der Waals surface area contributed by atoms with E-state index in [9.17, 15) is 18.3 Å². The number of aliphatic hydroxyl groups is 1. The van der Waals surface area contributed by atoms with Crippen LogP contribution in [0, 0.1) is 12.8 Å². The van der Waals surface area contributed by atoms with Crippen LogP contribution in [0.4, 0.5) is 0 Å². The number of carbonyl (C=O) groups is 1. The third-order valence-electron chi connectivity index (χ3n) is 3.52. The van der Waals surface area contributed by atoms with Gasteiger partial charge in [-0.2, -0.15) is 0 Å². The summed E-state index contributed by atoms with van der Waals surface area (Å²) in [7, 11) is -3.34. The number of carbonyl (C=O) groups excluding carboxylic acids is 1. The van der Waals surface area contributed by atoms with Crippen molar-refractivity contribution < 1.29 is 18.3 Å². The van der Waals surface area contributed by atoms with Crippen molar-refractivity contribution in [3.63, 3.8) is 0 Å². The molecule has 2 N–H and O–H groups in total. The normalized spacial score (nSPS) is 16.8. The Balaban J connectivity index is 2.12. The van der Waals surface area contributed by atoms with Gasteiger partial charge in [0.25, 0.3) is 5.91 Å². The van der Waals surface area contributed by atoms with Crippen LogP contribution in [0.2, 0.25) is 0 Å². The molecule has 0 bridgehead atoms. The molecule has 0 saturated heterocycles. The van der Waals surface area contributed by atoms with E-state index in [4.69, 9.17) is 0 Å². The number of aliphatic hydroxyl groups excluding tert-OH is 1. The van der Waals surface area contributed by atoms with E-state index in [1.54, 1.807) is 13.0 Å². The molecule has 0 aromatic heterocycles. The van der Waals surface area contributed by atoms with E-state index in [1.807, 2.05) is 0 Å². The molecule has 6 heteroatoms. The molecule has 1 aliphatic carbocycles. The van der Waals surface area contributed by atoms with E-state index >= 15 is 0 Å². The number of rotatable bonds is 5. The zero-order chi connectivity index (χ0) is 14.9. The van der Waals surface area contributed by atoms with Crippen LogP contribution < -0.4 is 5.32 Å². The molecule has 1 unspecified atom stereocenters. The maximum Gasteiger partial charge on any atom is 0.251 e. The highest BCUT2D eigenvalue weighted by Gasteiger charge is 2.29. The van der Waals surface area contributed by atoms with Crippen LogP contribution in [0.1, 0.15) is 28.8 Å². The molecule has 0 spiro atoms. The molecule has 0 heterocycles. The minimum atomic E-state index is -3.34. The van der Waals surface area contributed by atoms with Crippen molar-refractivity contribution in [1.29, 1.82) is 0 Å². The molecule has 5 nitrogen and oxygen atoms in total. The Morgan fingerprint density at radius 1 is 1.45 bits per heavy atom. The Bertz CT molecular complexity index is 620. The first-order valence-corrected chi connectivity index (χ1v) is 8.45. The maximum absolute atomic E-state index is 12.1. The number of benzene rings is 1. The van der Waals surface area contributed by atoms with Gasteiger partial charge in [0.05, 0.1) is 11.0 Å². The van der Waals surface area contributed by atoms with Crippen LogP contribution in [0.5, 0.6) is 0 Å². The monoisotopic (exact) mass is 297 g/mol. The van der Waals surface area contributed by atoms with E-state index in [0.717, 1.165) is 19.1 Å². The second-order valence-electron chi connectivity index (χ2n) is 5.36. The zero-order valence-electron chi connectivity index (χ0n) is 11.6. The summed E-state index contributed by atoms with van der Waals surface area (Å²) in [5, 5.41) is 12.4. The summed E-state index contributed by atoms with van der Waals surface area (Å²) in [4.78, 5) is 12.2. The topological polar surface area (TPSA) is 83.5 Å². The largest absolute Gasteiger partial charge is 0.391 e. The summed E-state index contributed by atoms with van der Waals surface area (Å²) in [5.41, 5.74) is 1.03. The van der Waals surface area contributed by atoms with Gasteiger partial charge >= 0.3 is 0 Å². The fourth-order valence-corrected chi connectivity index (χ4v) is 2.66. The van der Waals surface area contributed by atoms with Gasteiger partial charge in [-0.3, -0.25) is 4.79 Å². The minimum Gasteiger partial charge on any atom is -0.391 e. The van der Waals surface area contributed by atoms with Gasteiger partial charge in [-0.1, -0.05) is 6.07 Å². The Hall–Kier alpha value is -1.40. The molecule has 1 fully saturated rings. The van der Waals surface area contributed by atoms with Crippen molar-refractivity contribution in [2.75, 3.05) is 12.8 Å². The average molecular weight is 297 g/mol. The standard InChI is InChI=1S/C14H19NO4S/c1-9-3-6-11(20(2,18)19)7-12(9)14(17)15-8-13(16)10-4-5-10/h3,6-7,10,13,16H,4-5,8H2,1-2H3,(H,15,17). The highest BCUT2D eigenvalue weighted by molar-refractivity contribution is 7.90. The molecule has 1 atom stereocenters. The van der Waals surface area contributed by atoms with Gasteiger partial charge in [0.2, 0.25) is 0 Å². The smallest absolute Gasteiger partial charge is 0.251 e. The lowest BCUT2D eigenvalue weighted by Gasteiger charge is -2.12. The fourth-order valence-electron chi connectivity index (χ4n) is 2.02. The second kappa shape index (κ2) is 5.54. The molecule has 1 aromatic rings. The van der Waals surface area contributed by atoms with Gasteiger partial charge in [0.1, 0.15) is 0 Å². The van der Waals surface area contributed by atoms with Crippen molar-refractivity contribution in [3.05, 3.63) is 29.3 Å². The number of nitrogens with one attached hydrogen (secondary N) is 1. The van der Waals surface area contributed by atoms with Gasteiger partial charge in [0, 0.05) is 18.4 Å². The molecule has 1 amide bonds. The average Bonchev–Trinajstić information content (AvgIpc) is 3.18. The lowest BCUT2D eigenvalue weighted by Crippen LogP contribution is -2.33. The van der Waals surface area contributed by atoms with Crippen molar-refractivity contribution in [2.45, 2.75) is 30.8 Å². The van der Waals surface area contributed by atoms with Gasteiger partial charge in [-0.15, -0.1) is 0 Å². The quantitative estimate of drug-likeness (QED) is 0.846. The molecular formula is C14H19NO4S. The van der Waals surface area contributed by atoms with Crippen molar-refractivity contribution in [2.24, 2.45) is 5.92 Å². The Morgan fingerprint density at radius 2 is 2.10 bits per heavy atom. The van der Waals surface area contributed by atoms with E-state index in [-0.39, 0.29) is 17.3 Å². The van der Waals surface area contributed by atoms with Crippen LogP contribution in [0.3, 0.4) is 0 Å². The van der Waals surface area contributed by atoms with E-state index < -0.39 is 15.9 Å². The van der Waals surface area contributed by atoms with Gasteiger partial charge in [-0.25, -0.2) is 8.42 Å². The van der Waals surface area contributed by atoms with E-state index in [0.29, 0.717) is 17.0 Å². The molecular weight excluding hydrogens is 278 g/mol. The molecule has 1 saturated carbocycles. The Kier molecular flexibility index (Phi) is 4.15. The minimum absolute atomic E-state index is 0.121. The fraction of sp³-hybridized carbons (Fsp3) is 0.500. The summed E-state index contributed by atoms with van der Waals surface area (Å²) in [6, 6.07) is 4.48. The first-order valence-electron chi connectivity index (χ1n) is 6.56. The number of amides is 1. The van der Waals surface area contributed by atoms with Crippen molar-refractivity contribution >= 4 is 15.7 Å². The molecule has 1 aromatic carbocycles. The summed E-state index contributed by atoms with van der Waals surface area (Å²) in [6.45, 7) is 1.95. The highest BCUT2D eigenvalue weighted by atomic mass is 32.2.